The number of nitrogens with one attached hydrogen (secondary N) is 2. The lowest BCUT2D eigenvalue weighted by atomic mass is 10.2. The molecule has 0 aliphatic carbocycles. The van der Waals surface area contributed by atoms with E-state index in [0.717, 1.165) is 0 Å². The summed E-state index contributed by atoms with van der Waals surface area (Å²) in [6.45, 7) is 3.52. The first-order valence-corrected chi connectivity index (χ1v) is 6.33. The van der Waals surface area contributed by atoms with Gasteiger partial charge in [-0.05, 0) is 32.0 Å². The quantitative estimate of drug-likeness (QED) is 0.474. The summed E-state index contributed by atoms with van der Waals surface area (Å²) in [5.41, 5.74) is 2.76. The number of nitrogens with zero attached hydrogens (tertiary/aromatic N) is 1. The van der Waals surface area contributed by atoms with Crippen LogP contribution in [0.3, 0.4) is 0 Å². The molecule has 0 bridgehead atoms. The van der Waals surface area contributed by atoms with E-state index in [-0.39, 0.29) is 6.04 Å². The van der Waals surface area contributed by atoms with Crippen molar-refractivity contribution in [3.63, 3.8) is 0 Å². The van der Waals surface area contributed by atoms with Crippen LogP contribution in [0.5, 0.6) is 11.5 Å². The van der Waals surface area contributed by atoms with E-state index in [1.54, 1.807) is 39.2 Å². The highest BCUT2D eigenvalue weighted by Crippen LogP contribution is 2.22. The van der Waals surface area contributed by atoms with E-state index in [1.807, 2.05) is 0 Å². The third-order valence-corrected chi connectivity index (χ3v) is 2.43. The van der Waals surface area contributed by atoms with E-state index in [4.69, 9.17) is 9.47 Å². The Kier molecular flexibility index (Phi) is 6.19. The van der Waals surface area contributed by atoms with Gasteiger partial charge in [0.2, 0.25) is 0 Å². The van der Waals surface area contributed by atoms with Gasteiger partial charge in [0, 0.05) is 11.6 Å². The molecule has 114 valence electrons. The molecule has 0 saturated heterocycles. The van der Waals surface area contributed by atoms with E-state index < -0.39 is 11.8 Å². The Labute approximate surface area is 123 Å². The van der Waals surface area contributed by atoms with Gasteiger partial charge in [0.05, 0.1) is 20.4 Å². The molecular weight excluding hydrogens is 274 g/mol. The van der Waals surface area contributed by atoms with Gasteiger partial charge in [0.25, 0.3) is 0 Å². The Bertz CT molecular complexity index is 541. The fraction of sp³-hybridized carbons (Fsp3) is 0.357. The number of hydrogen-bond donors (Lipinski definition) is 2. The average Bonchev–Trinajstić information content (AvgIpc) is 2.46. The Balaban J connectivity index is 2.72. The van der Waals surface area contributed by atoms with Gasteiger partial charge in [-0.1, -0.05) is 0 Å². The third-order valence-electron chi connectivity index (χ3n) is 2.43. The SMILES string of the molecule is COc1ccc(OC)c(/C=N\NC(=O)C(=O)NC(C)C)c1. The highest BCUT2D eigenvalue weighted by atomic mass is 16.5. The molecule has 0 spiro atoms. The summed E-state index contributed by atoms with van der Waals surface area (Å²) in [4.78, 5) is 22.8. The number of hydrogen-bond acceptors (Lipinski definition) is 5. The number of hydrazone groups is 1. The molecule has 0 atom stereocenters. The van der Waals surface area contributed by atoms with Crippen molar-refractivity contribution in [1.29, 1.82) is 0 Å². The monoisotopic (exact) mass is 293 g/mol. The molecule has 1 rings (SSSR count). The Morgan fingerprint density at radius 3 is 2.48 bits per heavy atom. The van der Waals surface area contributed by atoms with Crippen molar-refractivity contribution in [2.45, 2.75) is 19.9 Å². The van der Waals surface area contributed by atoms with Gasteiger partial charge in [-0.15, -0.1) is 0 Å². The summed E-state index contributed by atoms with van der Waals surface area (Å²) in [7, 11) is 3.06. The first-order valence-electron chi connectivity index (χ1n) is 6.33. The Morgan fingerprint density at radius 2 is 1.90 bits per heavy atom. The van der Waals surface area contributed by atoms with Crippen molar-refractivity contribution < 1.29 is 19.1 Å². The third kappa shape index (κ3) is 5.13. The molecule has 2 N–H and O–H groups in total. The van der Waals surface area contributed by atoms with Crippen LogP contribution < -0.4 is 20.2 Å². The minimum absolute atomic E-state index is 0.120. The predicted octanol–water partition coefficient (Wildman–Crippen LogP) is 0.678. The second-order valence-electron chi connectivity index (χ2n) is 4.44. The molecule has 2 amide bonds. The summed E-state index contributed by atoms with van der Waals surface area (Å²) in [6.07, 6.45) is 1.38. The summed E-state index contributed by atoms with van der Waals surface area (Å²) in [6, 6.07) is 5.03. The molecule has 0 aromatic heterocycles. The second-order valence-corrected chi connectivity index (χ2v) is 4.44. The van der Waals surface area contributed by atoms with Crippen LogP contribution in [0.15, 0.2) is 23.3 Å². The lowest BCUT2D eigenvalue weighted by Crippen LogP contribution is -2.41. The van der Waals surface area contributed by atoms with Gasteiger partial charge in [-0.25, -0.2) is 5.43 Å². The number of carbonyl (C=O) groups is 2. The van der Waals surface area contributed by atoms with Crippen LogP contribution in [0.4, 0.5) is 0 Å². The van der Waals surface area contributed by atoms with Crippen LogP contribution in [0.2, 0.25) is 0 Å². The minimum Gasteiger partial charge on any atom is -0.497 e. The van der Waals surface area contributed by atoms with Gasteiger partial charge in [-0.2, -0.15) is 5.10 Å². The molecule has 7 heteroatoms. The summed E-state index contributed by atoms with van der Waals surface area (Å²) in [5, 5.41) is 6.20. The van der Waals surface area contributed by atoms with E-state index in [0.29, 0.717) is 17.1 Å². The molecule has 0 heterocycles. The fourth-order valence-electron chi connectivity index (χ4n) is 1.48. The van der Waals surface area contributed by atoms with Gasteiger partial charge in [-0.3, -0.25) is 9.59 Å². The fourth-order valence-corrected chi connectivity index (χ4v) is 1.48. The molecule has 0 saturated carbocycles. The van der Waals surface area contributed by atoms with Gasteiger partial charge in [0.1, 0.15) is 11.5 Å². The van der Waals surface area contributed by atoms with Crippen LogP contribution in [0.1, 0.15) is 19.4 Å². The van der Waals surface area contributed by atoms with Gasteiger partial charge in [0.15, 0.2) is 0 Å². The van der Waals surface area contributed by atoms with Crippen molar-refractivity contribution in [2.75, 3.05) is 14.2 Å². The van der Waals surface area contributed by atoms with E-state index in [2.05, 4.69) is 15.8 Å². The summed E-state index contributed by atoms with van der Waals surface area (Å²) >= 11 is 0. The van der Waals surface area contributed by atoms with Gasteiger partial charge >= 0.3 is 11.8 Å². The normalized spacial score (nSPS) is 10.5. The Hall–Kier alpha value is -2.57. The van der Waals surface area contributed by atoms with Crippen molar-refractivity contribution in [3.05, 3.63) is 23.8 Å². The maximum absolute atomic E-state index is 11.5. The number of benzene rings is 1. The van der Waals surface area contributed by atoms with E-state index >= 15 is 0 Å². The van der Waals surface area contributed by atoms with Crippen molar-refractivity contribution >= 4 is 18.0 Å². The van der Waals surface area contributed by atoms with Crippen LogP contribution in [-0.4, -0.2) is 38.3 Å². The molecule has 0 radical (unpaired) electrons. The van der Waals surface area contributed by atoms with Crippen molar-refractivity contribution in [2.24, 2.45) is 5.10 Å². The number of methoxy groups -OCH3 is 2. The van der Waals surface area contributed by atoms with Crippen LogP contribution in [-0.2, 0) is 9.59 Å². The molecule has 1 aromatic rings. The maximum atomic E-state index is 11.5. The molecule has 0 aliphatic heterocycles. The topological polar surface area (TPSA) is 89.0 Å². The van der Waals surface area contributed by atoms with Crippen molar-refractivity contribution in [3.8, 4) is 11.5 Å². The first-order chi connectivity index (χ1) is 9.97. The largest absolute Gasteiger partial charge is 0.497 e. The molecule has 21 heavy (non-hydrogen) atoms. The highest BCUT2D eigenvalue weighted by Gasteiger charge is 2.13. The van der Waals surface area contributed by atoms with E-state index in [9.17, 15) is 9.59 Å². The average molecular weight is 293 g/mol. The Morgan fingerprint density at radius 1 is 1.19 bits per heavy atom. The lowest BCUT2D eigenvalue weighted by molar-refractivity contribution is -0.139. The van der Waals surface area contributed by atoms with Crippen LogP contribution >= 0.6 is 0 Å². The highest BCUT2D eigenvalue weighted by molar-refractivity contribution is 6.35. The zero-order valence-corrected chi connectivity index (χ0v) is 12.5. The van der Waals surface area contributed by atoms with Crippen LogP contribution in [0, 0.1) is 0 Å². The smallest absolute Gasteiger partial charge is 0.329 e. The molecule has 0 aliphatic rings. The van der Waals surface area contributed by atoms with Gasteiger partial charge < -0.3 is 14.8 Å². The molecule has 0 unspecified atom stereocenters. The molecule has 7 nitrogen and oxygen atoms in total. The second kappa shape index (κ2) is 7.88. The first kappa shape index (κ1) is 16.5. The maximum Gasteiger partial charge on any atom is 0.329 e. The standard InChI is InChI=1S/C14H19N3O4/c1-9(2)16-13(18)14(19)17-15-8-10-7-11(20-3)5-6-12(10)21-4/h5-9H,1-4H3,(H,16,18)(H,17,19)/b15-8-. The molecule has 0 fully saturated rings. The number of rotatable bonds is 5. The number of amides is 2. The molecular formula is C14H19N3O4. The summed E-state index contributed by atoms with van der Waals surface area (Å²) < 4.78 is 10.3. The van der Waals surface area contributed by atoms with Crippen LogP contribution in [0.25, 0.3) is 0 Å². The van der Waals surface area contributed by atoms with E-state index in [1.165, 1.54) is 13.3 Å². The zero-order chi connectivity index (χ0) is 15.8. The predicted molar refractivity (Wildman–Crippen MR) is 78.6 cm³/mol. The number of ether oxygens (including phenoxy) is 2. The number of carbonyl (C=O) groups excluding carboxylic acids is 2. The minimum atomic E-state index is -0.832. The zero-order valence-electron chi connectivity index (χ0n) is 12.5. The summed E-state index contributed by atoms with van der Waals surface area (Å²) in [5.74, 6) is -0.372. The van der Waals surface area contributed by atoms with Crippen molar-refractivity contribution in [1.82, 2.24) is 10.7 Å². The molecule has 1 aromatic carbocycles. The lowest BCUT2D eigenvalue weighted by Gasteiger charge is -2.07.